The lowest BCUT2D eigenvalue weighted by atomic mass is 10.0. The van der Waals surface area contributed by atoms with E-state index in [4.69, 9.17) is 5.11 Å². The lowest BCUT2D eigenvalue weighted by Crippen LogP contribution is -2.24. The third kappa shape index (κ3) is 12.0. The molecule has 1 aromatic carbocycles. The molecule has 0 aromatic heterocycles. The summed E-state index contributed by atoms with van der Waals surface area (Å²) in [5.41, 5.74) is 1.13. The first kappa shape index (κ1) is 23.6. The van der Waals surface area contributed by atoms with Crippen LogP contribution in [0.2, 0.25) is 0 Å². The Kier molecular flexibility index (Phi) is 12.3. The van der Waals surface area contributed by atoms with Gasteiger partial charge >= 0.3 is 5.97 Å². The van der Waals surface area contributed by atoms with Crippen LogP contribution in [0.25, 0.3) is 0 Å². The maximum atomic E-state index is 10.4. The van der Waals surface area contributed by atoms with Crippen LogP contribution >= 0.6 is 0 Å². The van der Waals surface area contributed by atoms with E-state index in [-0.39, 0.29) is 6.42 Å². The summed E-state index contributed by atoms with van der Waals surface area (Å²) < 4.78 is 0. The van der Waals surface area contributed by atoms with Crippen LogP contribution in [0.4, 0.5) is 0 Å². The normalized spacial score (nSPS) is 15.7. The summed E-state index contributed by atoms with van der Waals surface area (Å²) in [7, 11) is 0. The predicted molar refractivity (Wildman–Crippen MR) is 111 cm³/mol. The molecule has 0 aliphatic carbocycles. The van der Waals surface area contributed by atoms with Gasteiger partial charge in [-0.2, -0.15) is 0 Å². The number of allylic oxidation sites excluding steroid dienone is 6. The number of hydrogen-bond donors (Lipinski definition) is 4. The molecule has 5 heteroatoms. The van der Waals surface area contributed by atoms with E-state index in [0.717, 1.165) is 5.56 Å². The minimum absolute atomic E-state index is 0.0582. The molecule has 28 heavy (non-hydrogen) atoms. The minimum atomic E-state index is -0.918. The zero-order chi connectivity index (χ0) is 20.6. The number of carbonyl (C=O) groups is 1. The van der Waals surface area contributed by atoms with Crippen molar-refractivity contribution in [2.24, 2.45) is 0 Å². The van der Waals surface area contributed by atoms with Crippen molar-refractivity contribution in [3.05, 3.63) is 84.5 Å². The number of aliphatic hydroxyl groups is 3. The van der Waals surface area contributed by atoms with Gasteiger partial charge in [-0.25, -0.2) is 0 Å². The number of benzene rings is 1. The Morgan fingerprint density at radius 2 is 1.46 bits per heavy atom. The first-order valence-electron chi connectivity index (χ1n) is 9.47. The van der Waals surface area contributed by atoms with E-state index < -0.39 is 24.3 Å². The van der Waals surface area contributed by atoms with E-state index in [1.165, 1.54) is 0 Å². The van der Waals surface area contributed by atoms with Crippen LogP contribution in [0.5, 0.6) is 0 Å². The van der Waals surface area contributed by atoms with E-state index in [9.17, 15) is 20.1 Å². The molecule has 1 aromatic rings. The number of carboxylic acid groups (broad SMARTS) is 1. The van der Waals surface area contributed by atoms with Crippen LogP contribution in [0.1, 0.15) is 31.2 Å². The number of hydrogen-bond acceptors (Lipinski definition) is 4. The van der Waals surface area contributed by atoms with Crippen molar-refractivity contribution in [3.63, 3.8) is 0 Å². The van der Waals surface area contributed by atoms with Crippen molar-refractivity contribution < 1.29 is 25.2 Å². The van der Waals surface area contributed by atoms with Gasteiger partial charge in [0.05, 0.1) is 18.3 Å². The molecule has 0 saturated heterocycles. The summed E-state index contributed by atoms with van der Waals surface area (Å²) in [4.78, 5) is 10.4. The predicted octanol–water partition coefficient (Wildman–Crippen LogP) is 3.18. The molecule has 0 saturated carbocycles. The standard InChI is InChI=1S/C23H30O5/c24-20(14-10-16-23(27)28)13-8-3-1-2-4-9-15-21(25)22(26)18-17-19-11-6-5-7-12-19/h1-9,11-13,15,20-22,24-26H,10,14,16-18H2,(H,27,28)/b3-1+,4-2+,13-8+,15-9+. The molecule has 0 radical (unpaired) electrons. The third-order valence-electron chi connectivity index (χ3n) is 4.05. The fourth-order valence-electron chi connectivity index (χ4n) is 2.44. The molecular weight excluding hydrogens is 356 g/mol. The maximum absolute atomic E-state index is 10.4. The summed E-state index contributed by atoms with van der Waals surface area (Å²) in [5, 5.41) is 38.1. The second-order valence-corrected chi connectivity index (χ2v) is 6.48. The highest BCUT2D eigenvalue weighted by Crippen LogP contribution is 2.08. The molecule has 0 aliphatic rings. The van der Waals surface area contributed by atoms with E-state index in [2.05, 4.69) is 0 Å². The van der Waals surface area contributed by atoms with Crippen LogP contribution in [-0.2, 0) is 11.2 Å². The molecule has 0 spiro atoms. The Bertz CT molecular complexity index is 661. The van der Waals surface area contributed by atoms with Gasteiger partial charge < -0.3 is 20.4 Å². The Balaban J connectivity index is 2.23. The van der Waals surface area contributed by atoms with E-state index in [1.807, 2.05) is 30.3 Å². The number of carboxylic acids is 1. The average Bonchev–Trinajstić information content (AvgIpc) is 2.68. The summed E-state index contributed by atoms with van der Waals surface area (Å²) in [6.07, 6.45) is 13.3. The average molecular weight is 386 g/mol. The van der Waals surface area contributed by atoms with Gasteiger partial charge in [0.15, 0.2) is 0 Å². The Morgan fingerprint density at radius 1 is 0.857 bits per heavy atom. The van der Waals surface area contributed by atoms with Crippen molar-refractivity contribution in [1.82, 2.24) is 0 Å². The highest BCUT2D eigenvalue weighted by Gasteiger charge is 2.12. The van der Waals surface area contributed by atoms with Crippen molar-refractivity contribution in [2.45, 2.75) is 50.4 Å². The molecule has 1 rings (SSSR count). The first-order valence-corrected chi connectivity index (χ1v) is 9.47. The second-order valence-electron chi connectivity index (χ2n) is 6.48. The number of rotatable bonds is 13. The van der Waals surface area contributed by atoms with Gasteiger partial charge in [-0.15, -0.1) is 0 Å². The van der Waals surface area contributed by atoms with E-state index in [0.29, 0.717) is 25.7 Å². The largest absolute Gasteiger partial charge is 0.481 e. The van der Waals surface area contributed by atoms with E-state index >= 15 is 0 Å². The van der Waals surface area contributed by atoms with Crippen LogP contribution in [-0.4, -0.2) is 44.7 Å². The molecule has 0 fully saturated rings. The van der Waals surface area contributed by atoms with Crippen LogP contribution in [0.3, 0.4) is 0 Å². The summed E-state index contributed by atoms with van der Waals surface area (Å²) >= 11 is 0. The Labute approximate surface area is 166 Å². The molecule has 0 aliphatic heterocycles. The summed E-state index contributed by atoms with van der Waals surface area (Å²) in [5.74, 6) is -0.858. The zero-order valence-corrected chi connectivity index (χ0v) is 16.0. The number of aliphatic hydroxyl groups excluding tert-OH is 3. The molecule has 0 amide bonds. The van der Waals surface area contributed by atoms with Crippen molar-refractivity contribution >= 4 is 5.97 Å². The second kappa shape index (κ2) is 14.6. The van der Waals surface area contributed by atoms with Crippen molar-refractivity contribution in [2.75, 3.05) is 0 Å². The van der Waals surface area contributed by atoms with Gasteiger partial charge in [0, 0.05) is 6.42 Å². The topological polar surface area (TPSA) is 98.0 Å². The molecule has 3 atom stereocenters. The van der Waals surface area contributed by atoms with Gasteiger partial charge in [-0.05, 0) is 31.2 Å². The molecule has 5 nitrogen and oxygen atoms in total. The summed E-state index contributed by atoms with van der Waals surface area (Å²) in [6.45, 7) is 0. The van der Waals surface area contributed by atoms with Crippen LogP contribution in [0.15, 0.2) is 78.9 Å². The van der Waals surface area contributed by atoms with E-state index in [1.54, 1.807) is 48.6 Å². The molecule has 0 bridgehead atoms. The fourth-order valence-corrected chi connectivity index (χ4v) is 2.44. The Hall–Kier alpha value is -2.47. The van der Waals surface area contributed by atoms with Crippen molar-refractivity contribution in [1.29, 1.82) is 0 Å². The van der Waals surface area contributed by atoms with Gasteiger partial charge in [0.1, 0.15) is 0 Å². The van der Waals surface area contributed by atoms with Gasteiger partial charge in [0.25, 0.3) is 0 Å². The highest BCUT2D eigenvalue weighted by molar-refractivity contribution is 5.66. The smallest absolute Gasteiger partial charge is 0.303 e. The first-order chi connectivity index (χ1) is 13.5. The summed E-state index contributed by atoms with van der Waals surface area (Å²) in [6, 6.07) is 9.83. The SMILES string of the molecule is O=C(O)CCCC(O)/C=C/C=C/C=C/C=C/C(O)C(O)CCc1ccccc1. The third-order valence-corrected chi connectivity index (χ3v) is 4.05. The lowest BCUT2D eigenvalue weighted by Gasteiger charge is -2.14. The fraction of sp³-hybridized carbons (Fsp3) is 0.348. The minimum Gasteiger partial charge on any atom is -0.481 e. The van der Waals surface area contributed by atoms with Gasteiger partial charge in [-0.3, -0.25) is 4.79 Å². The highest BCUT2D eigenvalue weighted by atomic mass is 16.4. The van der Waals surface area contributed by atoms with Gasteiger partial charge in [-0.1, -0.05) is 78.9 Å². The lowest BCUT2D eigenvalue weighted by molar-refractivity contribution is -0.137. The molecule has 3 unspecified atom stereocenters. The van der Waals surface area contributed by atoms with Gasteiger partial charge in [0.2, 0.25) is 0 Å². The molecular formula is C23H30O5. The molecule has 4 N–H and O–H groups in total. The number of aliphatic carboxylic acids is 1. The van der Waals surface area contributed by atoms with Crippen LogP contribution in [0, 0.1) is 0 Å². The Morgan fingerprint density at radius 3 is 2.11 bits per heavy atom. The zero-order valence-electron chi connectivity index (χ0n) is 16.0. The maximum Gasteiger partial charge on any atom is 0.303 e. The molecule has 0 heterocycles. The monoisotopic (exact) mass is 386 g/mol. The number of aryl methyl sites for hydroxylation is 1. The van der Waals surface area contributed by atoms with Crippen molar-refractivity contribution in [3.8, 4) is 0 Å². The van der Waals surface area contributed by atoms with Crippen LogP contribution < -0.4 is 0 Å². The quantitative estimate of drug-likeness (QED) is 0.390. The molecule has 152 valence electrons.